The van der Waals surface area contributed by atoms with Gasteiger partial charge in [-0.25, -0.2) is 19.9 Å². The normalized spacial score (nSPS) is 11.6. The first-order valence-electron chi connectivity index (χ1n) is 19.8. The van der Waals surface area contributed by atoms with Gasteiger partial charge in [-0.05, 0) is 100 Å². The Morgan fingerprint density at radius 3 is 1.58 bits per heavy atom. The Balaban J connectivity index is 1.28. The van der Waals surface area contributed by atoms with E-state index in [0.29, 0.717) is 17.5 Å². The molecule has 2 aromatic heterocycles. The maximum absolute atomic E-state index is 5.13. The second-order valence-corrected chi connectivity index (χ2v) is 15.3. The first kappa shape index (κ1) is 37.2. The highest BCUT2D eigenvalue weighted by molar-refractivity contribution is 7.21. The Bertz CT molecular complexity index is 2910. The summed E-state index contributed by atoms with van der Waals surface area (Å²) in [5.41, 5.74) is 13.7. The van der Waals surface area contributed by atoms with Gasteiger partial charge in [0.05, 0.1) is 10.2 Å². The zero-order chi connectivity index (χ0) is 40.0. The summed E-state index contributed by atoms with van der Waals surface area (Å²) >= 11 is 1.69. The van der Waals surface area contributed by atoms with Gasteiger partial charge in [-0.2, -0.15) is 0 Å². The van der Waals surface area contributed by atoms with E-state index in [4.69, 9.17) is 19.9 Å². The van der Waals surface area contributed by atoms with E-state index in [0.717, 1.165) is 76.4 Å². The molecule has 0 aliphatic heterocycles. The van der Waals surface area contributed by atoms with E-state index < -0.39 is 0 Å². The van der Waals surface area contributed by atoms with Gasteiger partial charge in [0.2, 0.25) is 0 Å². The van der Waals surface area contributed by atoms with Gasteiger partial charge in [-0.15, -0.1) is 11.3 Å². The lowest BCUT2D eigenvalue weighted by molar-refractivity contribution is 1.03. The zero-order valence-electron chi connectivity index (χ0n) is 32.8. The standard InChI is InChI=1S/C54H40N4S/c1-3-4-20-37(2)51-56-52(41-27-15-8-16-28-41)58-53(57-51)45-34-44(35-46(36-45)54-55-47-31-17-18-32-48(47)59-54)42-29-19-30-43(33-42)50(40-25-13-7-14-26-40)49(38-21-9-5-10-22-38)39-23-11-6-12-24-39/h3-36H,1-2H3/b4-3-,37-20+. The molecule has 0 bridgehead atoms. The van der Waals surface area contributed by atoms with Crippen molar-refractivity contribution in [3.63, 3.8) is 0 Å². The van der Waals surface area contributed by atoms with E-state index >= 15 is 0 Å². The largest absolute Gasteiger partial charge is 0.236 e. The lowest BCUT2D eigenvalue weighted by Gasteiger charge is -2.19. The molecule has 9 rings (SSSR count). The van der Waals surface area contributed by atoms with Gasteiger partial charge < -0.3 is 0 Å². The van der Waals surface area contributed by atoms with Crippen LogP contribution in [0.4, 0.5) is 0 Å². The molecule has 0 radical (unpaired) electrons. The molecule has 9 aromatic rings. The van der Waals surface area contributed by atoms with Crippen molar-refractivity contribution < 1.29 is 0 Å². The van der Waals surface area contributed by atoms with Crippen molar-refractivity contribution >= 4 is 38.3 Å². The maximum atomic E-state index is 5.13. The SMILES string of the molecule is C/C=C\C=C(/C)c1nc(-c2ccccc2)nc(-c2cc(-c3cccc(C(=C(c4ccccc4)c4ccccc4)c4ccccc4)c3)cc(-c3nc4ccccc4s3)c2)n1. The lowest BCUT2D eigenvalue weighted by Crippen LogP contribution is -2.02. The van der Waals surface area contributed by atoms with Crippen LogP contribution in [0.25, 0.3) is 71.4 Å². The van der Waals surface area contributed by atoms with Crippen LogP contribution in [0.1, 0.15) is 41.9 Å². The van der Waals surface area contributed by atoms with Crippen molar-refractivity contribution in [2.24, 2.45) is 0 Å². The Morgan fingerprint density at radius 1 is 0.441 bits per heavy atom. The highest BCUT2D eigenvalue weighted by Gasteiger charge is 2.19. The molecule has 0 fully saturated rings. The van der Waals surface area contributed by atoms with Gasteiger partial charge in [0.1, 0.15) is 5.01 Å². The van der Waals surface area contributed by atoms with Crippen LogP contribution in [-0.2, 0) is 0 Å². The first-order valence-corrected chi connectivity index (χ1v) is 20.6. The van der Waals surface area contributed by atoms with Crippen molar-refractivity contribution in [3.05, 3.63) is 234 Å². The number of allylic oxidation sites excluding steroid dienone is 4. The fourth-order valence-electron chi connectivity index (χ4n) is 7.33. The molecular formula is C54H40N4S. The number of fused-ring (bicyclic) bond motifs is 1. The van der Waals surface area contributed by atoms with Crippen LogP contribution < -0.4 is 0 Å². The topological polar surface area (TPSA) is 51.6 Å². The number of hydrogen-bond donors (Lipinski definition) is 0. The molecule has 4 nitrogen and oxygen atoms in total. The minimum atomic E-state index is 0.600. The molecule has 0 atom stereocenters. The van der Waals surface area contributed by atoms with Gasteiger partial charge in [0, 0.05) is 16.7 Å². The molecule has 282 valence electrons. The molecule has 7 aromatic carbocycles. The summed E-state index contributed by atoms with van der Waals surface area (Å²) in [7, 11) is 0. The average molecular weight is 777 g/mol. The maximum Gasteiger partial charge on any atom is 0.164 e. The Kier molecular flexibility index (Phi) is 10.7. The average Bonchev–Trinajstić information content (AvgIpc) is 3.76. The van der Waals surface area contributed by atoms with E-state index in [2.05, 4.69) is 152 Å². The molecule has 5 heteroatoms. The van der Waals surface area contributed by atoms with Crippen molar-refractivity contribution in [2.45, 2.75) is 13.8 Å². The summed E-state index contributed by atoms with van der Waals surface area (Å²) in [6.45, 7) is 4.05. The summed E-state index contributed by atoms with van der Waals surface area (Å²) in [6, 6.07) is 66.0. The molecule has 59 heavy (non-hydrogen) atoms. The van der Waals surface area contributed by atoms with Crippen molar-refractivity contribution in [3.8, 4) is 44.5 Å². The molecular weight excluding hydrogens is 737 g/mol. The van der Waals surface area contributed by atoms with E-state index in [1.807, 2.05) is 68.5 Å². The van der Waals surface area contributed by atoms with Crippen molar-refractivity contribution in [2.75, 3.05) is 0 Å². The summed E-state index contributed by atoms with van der Waals surface area (Å²) in [5.74, 6) is 1.86. The van der Waals surface area contributed by atoms with Gasteiger partial charge >= 0.3 is 0 Å². The fourth-order valence-corrected chi connectivity index (χ4v) is 8.29. The molecule has 0 saturated carbocycles. The quantitative estimate of drug-likeness (QED) is 0.103. The zero-order valence-corrected chi connectivity index (χ0v) is 33.6. The number of thiazole rings is 1. The number of hydrogen-bond acceptors (Lipinski definition) is 5. The molecule has 2 heterocycles. The predicted molar refractivity (Wildman–Crippen MR) is 248 cm³/mol. The highest BCUT2D eigenvalue weighted by atomic mass is 32.1. The van der Waals surface area contributed by atoms with E-state index in [9.17, 15) is 0 Å². The van der Waals surface area contributed by atoms with E-state index in [1.54, 1.807) is 11.3 Å². The fraction of sp³-hybridized carbons (Fsp3) is 0.0370. The second kappa shape index (κ2) is 17.0. The third-order valence-corrected chi connectivity index (χ3v) is 11.3. The Hall–Kier alpha value is -7.34. The third-order valence-electron chi connectivity index (χ3n) is 10.2. The molecule has 0 aliphatic carbocycles. The first-order chi connectivity index (χ1) is 29.1. The van der Waals surface area contributed by atoms with Crippen molar-refractivity contribution in [1.29, 1.82) is 0 Å². The molecule has 0 saturated heterocycles. The summed E-state index contributed by atoms with van der Waals surface area (Å²) < 4.78 is 1.14. The second-order valence-electron chi connectivity index (χ2n) is 14.3. The van der Waals surface area contributed by atoms with E-state index in [1.165, 1.54) is 5.57 Å². The number of aromatic nitrogens is 4. The van der Waals surface area contributed by atoms with Gasteiger partial charge in [0.25, 0.3) is 0 Å². The lowest BCUT2D eigenvalue weighted by atomic mass is 9.85. The summed E-state index contributed by atoms with van der Waals surface area (Å²) in [5, 5.41) is 0.937. The van der Waals surface area contributed by atoms with E-state index in [-0.39, 0.29) is 0 Å². The Morgan fingerprint density at radius 2 is 0.949 bits per heavy atom. The van der Waals surface area contributed by atoms with Gasteiger partial charge in [0.15, 0.2) is 17.5 Å². The van der Waals surface area contributed by atoms with Crippen LogP contribution >= 0.6 is 11.3 Å². The number of nitrogens with zero attached hydrogens (tertiary/aromatic N) is 4. The monoisotopic (exact) mass is 776 g/mol. The van der Waals surface area contributed by atoms with Crippen LogP contribution in [0.15, 0.2) is 206 Å². The van der Waals surface area contributed by atoms with Crippen LogP contribution in [0.3, 0.4) is 0 Å². The molecule has 0 spiro atoms. The minimum absolute atomic E-state index is 0.600. The van der Waals surface area contributed by atoms with Crippen LogP contribution in [-0.4, -0.2) is 19.9 Å². The van der Waals surface area contributed by atoms with Crippen LogP contribution in [0, 0.1) is 0 Å². The smallest absolute Gasteiger partial charge is 0.164 e. The summed E-state index contributed by atoms with van der Waals surface area (Å²) in [6.07, 6.45) is 6.06. The minimum Gasteiger partial charge on any atom is -0.236 e. The van der Waals surface area contributed by atoms with Gasteiger partial charge in [-0.3, -0.25) is 0 Å². The van der Waals surface area contributed by atoms with Crippen LogP contribution in [0.5, 0.6) is 0 Å². The molecule has 0 amide bonds. The number of para-hydroxylation sites is 1. The highest BCUT2D eigenvalue weighted by Crippen LogP contribution is 2.40. The van der Waals surface area contributed by atoms with Gasteiger partial charge in [-0.1, -0.05) is 170 Å². The molecule has 0 unspecified atom stereocenters. The number of rotatable bonds is 10. The summed E-state index contributed by atoms with van der Waals surface area (Å²) in [4.78, 5) is 20.3. The molecule has 0 aliphatic rings. The van der Waals surface area contributed by atoms with Crippen molar-refractivity contribution in [1.82, 2.24) is 19.9 Å². The third kappa shape index (κ3) is 8.10. The van der Waals surface area contributed by atoms with Crippen LogP contribution in [0.2, 0.25) is 0 Å². The number of benzene rings is 7. The Labute approximate surface area is 349 Å². The molecule has 0 N–H and O–H groups in total. The predicted octanol–water partition coefficient (Wildman–Crippen LogP) is 14.1.